The average molecular weight is 339 g/mol. The van der Waals surface area contributed by atoms with Gasteiger partial charge in [-0.1, -0.05) is 30.3 Å². The van der Waals surface area contributed by atoms with Gasteiger partial charge in [0.1, 0.15) is 5.69 Å². The topological polar surface area (TPSA) is 83.6 Å². The molecular weight excluding hydrogens is 322 g/mol. The number of H-pyrrole nitrogens is 1. The van der Waals surface area contributed by atoms with Crippen LogP contribution in [0.1, 0.15) is 8.42 Å². The third kappa shape index (κ3) is 2.89. The molecule has 1 aromatic carbocycles. The second-order valence-corrected chi connectivity index (χ2v) is 6.08. The first-order chi connectivity index (χ1) is 11.8. The molecule has 6 nitrogen and oxygen atoms in total. The van der Waals surface area contributed by atoms with Gasteiger partial charge in [-0.2, -0.15) is 5.10 Å². The predicted molar refractivity (Wildman–Crippen MR) is 98.0 cm³/mol. The summed E-state index contributed by atoms with van der Waals surface area (Å²) < 4.78 is 0. The molecule has 0 spiro atoms. The molecule has 0 fully saturated rings. The number of rotatable bonds is 4. The molecule has 0 bridgehead atoms. The fraction of sp³-hybridized carbons (Fsp3) is 0.0588. The highest BCUT2D eigenvalue weighted by Crippen LogP contribution is 2.28. The van der Waals surface area contributed by atoms with Crippen molar-refractivity contribution in [2.24, 2.45) is 0 Å². The molecule has 1 amide bonds. The van der Waals surface area contributed by atoms with Gasteiger partial charge >= 0.3 is 0 Å². The van der Waals surface area contributed by atoms with Crippen molar-refractivity contribution in [1.29, 1.82) is 0 Å². The summed E-state index contributed by atoms with van der Waals surface area (Å²) in [6, 6.07) is 13.4. The van der Waals surface area contributed by atoms with Crippen molar-refractivity contribution >= 4 is 33.4 Å². The molecule has 0 saturated heterocycles. The van der Waals surface area contributed by atoms with E-state index < -0.39 is 0 Å². The monoisotopic (exact) mass is 339 g/mol. The van der Waals surface area contributed by atoms with Gasteiger partial charge in [0.25, 0.3) is 0 Å². The van der Waals surface area contributed by atoms with Crippen LogP contribution in [0, 0.1) is 0 Å². The van der Waals surface area contributed by atoms with Crippen LogP contribution < -0.4 is 5.32 Å². The number of nitrogens with zero attached hydrogens (tertiary/aromatic N) is 3. The minimum absolute atomic E-state index is 0. The largest absolute Gasteiger partial charge is 0.302 e. The molecule has 0 aliphatic carbocycles. The number of anilines is 1. The summed E-state index contributed by atoms with van der Waals surface area (Å²) in [4.78, 5) is 20.8. The molecule has 0 aliphatic heterocycles. The Hall–Kier alpha value is -3.06. The van der Waals surface area contributed by atoms with Gasteiger partial charge in [0, 0.05) is 19.8 Å². The molecule has 7 heteroatoms. The Balaban J connectivity index is 0.00000121. The molecule has 24 heavy (non-hydrogen) atoms. The molecule has 3 aromatic heterocycles. The fourth-order valence-electron chi connectivity index (χ4n) is 2.44. The van der Waals surface area contributed by atoms with Crippen molar-refractivity contribution in [3.05, 3.63) is 59.6 Å². The first-order valence-corrected chi connectivity index (χ1v) is 8.26. The van der Waals surface area contributed by atoms with Crippen LogP contribution in [0.15, 0.2) is 54.0 Å². The van der Waals surface area contributed by atoms with E-state index in [-0.39, 0.29) is 8.76 Å². The highest BCUT2D eigenvalue weighted by Gasteiger charge is 2.13. The Morgan fingerprint density at radius 2 is 2.08 bits per heavy atom. The molecule has 0 atom stereocenters. The lowest BCUT2D eigenvalue weighted by Crippen LogP contribution is -2.14. The van der Waals surface area contributed by atoms with Gasteiger partial charge in [0.2, 0.25) is 5.91 Å². The van der Waals surface area contributed by atoms with Crippen LogP contribution in [0.4, 0.5) is 5.13 Å². The van der Waals surface area contributed by atoms with Crippen molar-refractivity contribution in [3.63, 3.8) is 0 Å². The lowest BCUT2D eigenvalue weighted by molar-refractivity contribution is -0.115. The molecule has 122 valence electrons. The van der Waals surface area contributed by atoms with Crippen LogP contribution in [0.25, 0.3) is 22.4 Å². The lowest BCUT2D eigenvalue weighted by atomic mass is 10.1. The van der Waals surface area contributed by atoms with Crippen molar-refractivity contribution in [2.75, 3.05) is 5.32 Å². The third-order valence-corrected chi connectivity index (χ3v) is 4.30. The number of thiazole rings is 1. The molecule has 4 aromatic rings. The van der Waals surface area contributed by atoms with Gasteiger partial charge in [-0.25, -0.2) is 9.97 Å². The maximum Gasteiger partial charge on any atom is 0.230 e. The van der Waals surface area contributed by atoms with E-state index in [1.807, 2.05) is 47.8 Å². The van der Waals surface area contributed by atoms with Crippen molar-refractivity contribution in [1.82, 2.24) is 20.2 Å². The summed E-state index contributed by atoms with van der Waals surface area (Å²) in [5.41, 5.74) is 3.16. The predicted octanol–water partition coefficient (Wildman–Crippen LogP) is 3.75. The lowest BCUT2D eigenvalue weighted by Gasteiger charge is -2.01. The normalized spacial score (nSPS) is 10.8. The molecule has 0 saturated carbocycles. The molecule has 2 N–H and O–H groups in total. The number of pyridine rings is 1. The molecule has 3 heterocycles. The van der Waals surface area contributed by atoms with Crippen LogP contribution in [-0.4, -0.2) is 26.1 Å². The number of nitrogens with one attached hydrogen (secondary N) is 2. The quantitative estimate of drug-likeness (QED) is 0.593. The van der Waals surface area contributed by atoms with Gasteiger partial charge < -0.3 is 5.32 Å². The van der Waals surface area contributed by atoms with E-state index >= 15 is 0 Å². The summed E-state index contributed by atoms with van der Waals surface area (Å²) in [7, 11) is 0. The van der Waals surface area contributed by atoms with Crippen LogP contribution in [0.5, 0.6) is 0 Å². The third-order valence-electron chi connectivity index (χ3n) is 3.54. The minimum Gasteiger partial charge on any atom is -0.302 e. The van der Waals surface area contributed by atoms with E-state index in [0.717, 1.165) is 22.3 Å². The Labute approximate surface area is 144 Å². The molecule has 0 unspecified atom stereocenters. The average Bonchev–Trinajstić information content (AvgIpc) is 3.22. The van der Waals surface area contributed by atoms with E-state index in [4.69, 9.17) is 0 Å². The van der Waals surface area contributed by atoms with Crippen LogP contribution in [0.2, 0.25) is 0 Å². The summed E-state index contributed by atoms with van der Waals surface area (Å²) in [6.45, 7) is 0. The van der Waals surface area contributed by atoms with Gasteiger partial charge in [-0.3, -0.25) is 9.89 Å². The second kappa shape index (κ2) is 6.21. The molecule has 4 rings (SSSR count). The van der Waals surface area contributed by atoms with E-state index in [2.05, 4.69) is 25.5 Å². The number of fused-ring (bicyclic) bond motifs is 1. The fourth-order valence-corrected chi connectivity index (χ4v) is 3.15. The van der Waals surface area contributed by atoms with E-state index in [1.165, 1.54) is 11.3 Å². The Morgan fingerprint density at radius 1 is 1.21 bits per heavy atom. The summed E-state index contributed by atoms with van der Waals surface area (Å²) in [5, 5.41) is 13.3. The number of carbonyl (C=O) groups excluding carboxylic acids is 1. The number of carbonyl (C=O) groups is 1. The SMILES string of the molecule is O=C(Cc1ccccc1)Nc1nc(-c2[nH]nc3ncccc23)cs1.[HH].[HH]. The Morgan fingerprint density at radius 3 is 2.96 bits per heavy atom. The minimum atomic E-state index is -0.0850. The van der Waals surface area contributed by atoms with Crippen molar-refractivity contribution < 1.29 is 7.65 Å². The highest BCUT2D eigenvalue weighted by atomic mass is 32.1. The van der Waals surface area contributed by atoms with Crippen LogP contribution >= 0.6 is 11.3 Å². The number of aromatic amines is 1. The number of hydrogen-bond acceptors (Lipinski definition) is 5. The first-order valence-electron chi connectivity index (χ1n) is 7.38. The van der Waals surface area contributed by atoms with E-state index in [1.54, 1.807) is 6.20 Å². The summed E-state index contributed by atoms with van der Waals surface area (Å²) >= 11 is 1.38. The number of aromatic nitrogens is 4. The van der Waals surface area contributed by atoms with Crippen LogP contribution in [-0.2, 0) is 11.2 Å². The summed E-state index contributed by atoms with van der Waals surface area (Å²) in [5.74, 6) is -0.0850. The Bertz CT molecular complexity index is 1000. The zero-order valence-electron chi connectivity index (χ0n) is 12.6. The van der Waals surface area contributed by atoms with Crippen LogP contribution in [0.3, 0.4) is 0 Å². The van der Waals surface area contributed by atoms with Gasteiger partial charge in [-0.15, -0.1) is 11.3 Å². The van der Waals surface area contributed by atoms with Gasteiger partial charge in [-0.05, 0) is 17.7 Å². The zero-order valence-corrected chi connectivity index (χ0v) is 13.4. The smallest absolute Gasteiger partial charge is 0.230 e. The van der Waals surface area contributed by atoms with E-state index in [9.17, 15) is 4.79 Å². The van der Waals surface area contributed by atoms with Crippen molar-refractivity contribution in [3.8, 4) is 11.4 Å². The Kier molecular flexibility index (Phi) is 3.76. The molecule has 0 aliphatic rings. The highest BCUT2D eigenvalue weighted by molar-refractivity contribution is 7.14. The number of hydrogen-bond donors (Lipinski definition) is 2. The molecule has 0 radical (unpaired) electrons. The zero-order chi connectivity index (χ0) is 16.4. The maximum atomic E-state index is 12.1. The number of benzene rings is 1. The van der Waals surface area contributed by atoms with Crippen molar-refractivity contribution in [2.45, 2.75) is 6.42 Å². The molecular formula is C17H17N5OS. The maximum absolute atomic E-state index is 12.1. The van der Waals surface area contributed by atoms with Gasteiger partial charge in [0.15, 0.2) is 10.8 Å². The summed E-state index contributed by atoms with van der Waals surface area (Å²) in [6.07, 6.45) is 2.02. The standard InChI is InChI=1S/C17H13N5OS.2H2/c23-14(9-11-5-2-1-3-6-11)20-17-19-13(10-24-17)15-12-7-4-8-18-16(12)22-21-15;;/h1-8,10H,9H2,(H,18,21,22)(H,19,20,23);2*1H. The van der Waals surface area contributed by atoms with Gasteiger partial charge in [0.05, 0.1) is 12.1 Å². The first kappa shape index (κ1) is 14.5. The van der Waals surface area contributed by atoms with E-state index in [0.29, 0.717) is 17.2 Å². The second-order valence-electron chi connectivity index (χ2n) is 5.22. The number of amides is 1.